The van der Waals surface area contributed by atoms with Gasteiger partial charge < -0.3 is 4.74 Å². The molecule has 2 aromatic rings. The number of carbonyl (C=O) groups is 1. The summed E-state index contributed by atoms with van der Waals surface area (Å²) in [6, 6.07) is 14.8. The molecule has 0 saturated carbocycles. The van der Waals surface area contributed by atoms with Gasteiger partial charge >= 0.3 is 0 Å². The van der Waals surface area contributed by atoms with Crippen molar-refractivity contribution in [2.24, 2.45) is 0 Å². The molecular weight excluding hydrogens is 236 g/mol. The van der Waals surface area contributed by atoms with Crippen molar-refractivity contribution < 1.29 is 9.53 Å². The summed E-state index contributed by atoms with van der Waals surface area (Å²) in [5.74, 6) is 0.596. The van der Waals surface area contributed by atoms with E-state index in [0.717, 1.165) is 5.56 Å². The molecule has 0 aliphatic heterocycles. The fourth-order valence-electron chi connectivity index (χ4n) is 1.87. The summed E-state index contributed by atoms with van der Waals surface area (Å²) in [4.78, 5) is 12.5. The largest absolute Gasteiger partial charge is 0.464 e. The molecule has 0 unspecified atom stereocenters. The minimum absolute atomic E-state index is 0.0243. The summed E-state index contributed by atoms with van der Waals surface area (Å²) in [7, 11) is 0. The van der Waals surface area contributed by atoms with E-state index in [9.17, 15) is 4.79 Å². The molecular formula is C17H16O2. The average molecular weight is 252 g/mol. The summed E-state index contributed by atoms with van der Waals surface area (Å²) in [5.41, 5.74) is 2.20. The van der Waals surface area contributed by atoms with Crippen LogP contribution < -0.4 is 4.74 Å². The standard InChI is InChI=1S/C17H16O2/c1-3-12-19-17-13(2)8-7-11-15(17)16(18)14-9-5-4-6-10-14/h3-12H,1-2H3. The number of benzene rings is 2. The van der Waals surface area contributed by atoms with Crippen LogP contribution in [0.1, 0.15) is 28.4 Å². The first kappa shape index (κ1) is 13.1. The summed E-state index contributed by atoms with van der Waals surface area (Å²) in [5, 5.41) is 0. The lowest BCUT2D eigenvalue weighted by atomic mass is 10.0. The first-order valence-electron chi connectivity index (χ1n) is 6.21. The number of hydrogen-bond donors (Lipinski definition) is 0. The Morgan fingerprint density at radius 1 is 1.05 bits per heavy atom. The number of ether oxygens (including phenoxy) is 1. The maximum absolute atomic E-state index is 12.5. The van der Waals surface area contributed by atoms with Crippen LogP contribution in [0, 0.1) is 6.92 Å². The molecule has 0 N–H and O–H groups in total. The second-order valence-corrected chi connectivity index (χ2v) is 4.23. The van der Waals surface area contributed by atoms with Gasteiger partial charge in [0, 0.05) is 5.56 Å². The molecule has 0 aliphatic rings. The van der Waals surface area contributed by atoms with E-state index in [1.807, 2.05) is 56.3 Å². The van der Waals surface area contributed by atoms with E-state index in [4.69, 9.17) is 4.74 Å². The maximum Gasteiger partial charge on any atom is 0.196 e. The number of ketones is 1. The van der Waals surface area contributed by atoms with E-state index in [0.29, 0.717) is 16.9 Å². The summed E-state index contributed by atoms with van der Waals surface area (Å²) >= 11 is 0. The Labute approximate surface area is 113 Å². The van der Waals surface area contributed by atoms with Crippen LogP contribution in [0.25, 0.3) is 0 Å². The zero-order valence-corrected chi connectivity index (χ0v) is 11.1. The summed E-state index contributed by atoms with van der Waals surface area (Å²) < 4.78 is 5.56. The third-order valence-electron chi connectivity index (χ3n) is 2.81. The summed E-state index contributed by atoms with van der Waals surface area (Å²) in [6.07, 6.45) is 3.38. The van der Waals surface area contributed by atoms with E-state index in [-0.39, 0.29) is 5.78 Å². The summed E-state index contributed by atoms with van der Waals surface area (Å²) in [6.45, 7) is 3.80. The zero-order chi connectivity index (χ0) is 13.7. The number of para-hydroxylation sites is 1. The molecule has 96 valence electrons. The highest BCUT2D eigenvalue weighted by Gasteiger charge is 2.15. The van der Waals surface area contributed by atoms with Gasteiger partial charge in [-0.2, -0.15) is 0 Å². The van der Waals surface area contributed by atoms with Gasteiger partial charge in [0.25, 0.3) is 0 Å². The number of hydrogen-bond acceptors (Lipinski definition) is 2. The van der Waals surface area contributed by atoms with Gasteiger partial charge in [-0.1, -0.05) is 48.5 Å². The van der Waals surface area contributed by atoms with Crippen LogP contribution in [0.4, 0.5) is 0 Å². The fourth-order valence-corrected chi connectivity index (χ4v) is 1.87. The maximum atomic E-state index is 12.5. The van der Waals surface area contributed by atoms with Crippen LogP contribution in [0.2, 0.25) is 0 Å². The van der Waals surface area contributed by atoms with Crippen LogP contribution in [-0.2, 0) is 0 Å². The van der Waals surface area contributed by atoms with Crippen molar-refractivity contribution in [1.29, 1.82) is 0 Å². The van der Waals surface area contributed by atoms with Crippen molar-refractivity contribution >= 4 is 5.78 Å². The molecule has 0 saturated heterocycles. The lowest BCUT2D eigenvalue weighted by Crippen LogP contribution is -2.04. The fraction of sp³-hybridized carbons (Fsp3) is 0.118. The van der Waals surface area contributed by atoms with E-state index >= 15 is 0 Å². The predicted octanol–water partition coefficient (Wildman–Crippen LogP) is 4.14. The van der Waals surface area contributed by atoms with Gasteiger partial charge in [0.2, 0.25) is 0 Å². The number of carbonyl (C=O) groups excluding carboxylic acids is 1. The van der Waals surface area contributed by atoms with Crippen molar-refractivity contribution in [3.8, 4) is 5.75 Å². The normalized spacial score (nSPS) is 10.6. The lowest BCUT2D eigenvalue weighted by Gasteiger charge is -2.10. The highest BCUT2D eigenvalue weighted by molar-refractivity contribution is 6.10. The Morgan fingerprint density at radius 3 is 2.47 bits per heavy atom. The van der Waals surface area contributed by atoms with Gasteiger partial charge in [0.1, 0.15) is 5.75 Å². The Morgan fingerprint density at radius 2 is 1.79 bits per heavy atom. The molecule has 0 amide bonds. The van der Waals surface area contributed by atoms with Gasteiger partial charge in [0.05, 0.1) is 11.8 Å². The highest BCUT2D eigenvalue weighted by atomic mass is 16.5. The quantitative estimate of drug-likeness (QED) is 0.604. The third kappa shape index (κ3) is 2.91. The van der Waals surface area contributed by atoms with E-state index < -0.39 is 0 Å². The van der Waals surface area contributed by atoms with Crippen LogP contribution in [0.15, 0.2) is 60.9 Å². The SMILES string of the molecule is CC=COc1c(C)cccc1C(=O)c1ccccc1. The van der Waals surface area contributed by atoms with Gasteiger partial charge in [-0.15, -0.1) is 0 Å². The molecule has 2 nitrogen and oxygen atoms in total. The molecule has 0 aromatic heterocycles. The molecule has 0 heterocycles. The minimum Gasteiger partial charge on any atom is -0.464 e. The first-order chi connectivity index (χ1) is 9.24. The van der Waals surface area contributed by atoms with Crippen molar-refractivity contribution in [3.05, 3.63) is 77.6 Å². The zero-order valence-electron chi connectivity index (χ0n) is 11.1. The third-order valence-corrected chi connectivity index (χ3v) is 2.81. The van der Waals surface area contributed by atoms with Crippen molar-refractivity contribution in [1.82, 2.24) is 0 Å². The second kappa shape index (κ2) is 6.01. The molecule has 0 aliphatic carbocycles. The Hall–Kier alpha value is -2.35. The highest BCUT2D eigenvalue weighted by Crippen LogP contribution is 2.26. The van der Waals surface area contributed by atoms with Crippen molar-refractivity contribution in [2.75, 3.05) is 0 Å². The van der Waals surface area contributed by atoms with E-state index in [1.54, 1.807) is 18.4 Å². The molecule has 0 fully saturated rings. The van der Waals surface area contributed by atoms with Crippen molar-refractivity contribution in [2.45, 2.75) is 13.8 Å². The second-order valence-electron chi connectivity index (χ2n) is 4.23. The molecule has 0 bridgehead atoms. The van der Waals surface area contributed by atoms with E-state index in [2.05, 4.69) is 0 Å². The number of rotatable bonds is 4. The van der Waals surface area contributed by atoms with Gasteiger partial charge in [-0.25, -0.2) is 0 Å². The first-order valence-corrected chi connectivity index (χ1v) is 6.21. The van der Waals surface area contributed by atoms with Gasteiger partial charge in [-0.05, 0) is 25.5 Å². The van der Waals surface area contributed by atoms with Crippen molar-refractivity contribution in [3.63, 3.8) is 0 Å². The smallest absolute Gasteiger partial charge is 0.196 e. The molecule has 2 heteroatoms. The average Bonchev–Trinajstić information content (AvgIpc) is 2.46. The monoisotopic (exact) mass is 252 g/mol. The molecule has 0 radical (unpaired) electrons. The molecule has 2 rings (SSSR count). The molecule has 0 spiro atoms. The Balaban J connectivity index is 2.44. The number of aryl methyl sites for hydroxylation is 1. The Kier molecular flexibility index (Phi) is 4.14. The lowest BCUT2D eigenvalue weighted by molar-refractivity contribution is 0.103. The van der Waals surface area contributed by atoms with Gasteiger partial charge in [0.15, 0.2) is 5.78 Å². The van der Waals surface area contributed by atoms with Crippen LogP contribution in [0.3, 0.4) is 0 Å². The van der Waals surface area contributed by atoms with E-state index in [1.165, 1.54) is 0 Å². The minimum atomic E-state index is -0.0243. The predicted molar refractivity (Wildman–Crippen MR) is 76.5 cm³/mol. The molecule has 0 atom stereocenters. The molecule has 19 heavy (non-hydrogen) atoms. The van der Waals surface area contributed by atoms with Gasteiger partial charge in [-0.3, -0.25) is 4.79 Å². The Bertz CT molecular complexity index is 598. The number of allylic oxidation sites excluding steroid dienone is 1. The van der Waals surface area contributed by atoms with Crippen LogP contribution >= 0.6 is 0 Å². The van der Waals surface area contributed by atoms with Crippen LogP contribution in [-0.4, -0.2) is 5.78 Å². The molecule has 2 aromatic carbocycles. The topological polar surface area (TPSA) is 26.3 Å². The van der Waals surface area contributed by atoms with Crippen LogP contribution in [0.5, 0.6) is 5.75 Å².